The number of ether oxygens (including phenoxy) is 1. The summed E-state index contributed by atoms with van der Waals surface area (Å²) in [5, 5.41) is 9.37. The van der Waals surface area contributed by atoms with Crippen LogP contribution in [0.3, 0.4) is 0 Å². The molecule has 2 aliphatic rings. The molecule has 2 aliphatic carbocycles. The Labute approximate surface area is 163 Å². The molecule has 0 aromatic heterocycles. The molecular formula is C24H32O3. The van der Waals surface area contributed by atoms with E-state index in [0.717, 1.165) is 18.4 Å². The van der Waals surface area contributed by atoms with Gasteiger partial charge in [0, 0.05) is 12.0 Å². The number of rotatable bonds is 4. The Morgan fingerprint density at radius 2 is 2.00 bits per heavy atom. The predicted molar refractivity (Wildman–Crippen MR) is 109 cm³/mol. The number of fused-ring (bicyclic) bond motifs is 1. The van der Waals surface area contributed by atoms with E-state index in [9.17, 15) is 9.90 Å². The summed E-state index contributed by atoms with van der Waals surface area (Å²) >= 11 is 0. The molecule has 1 N–H and O–H groups in total. The monoisotopic (exact) mass is 368 g/mol. The highest BCUT2D eigenvalue weighted by atomic mass is 16.5. The van der Waals surface area contributed by atoms with Crippen molar-refractivity contribution in [3.8, 4) is 5.75 Å². The van der Waals surface area contributed by atoms with Crippen LogP contribution in [0.5, 0.6) is 5.75 Å². The van der Waals surface area contributed by atoms with Gasteiger partial charge < -0.3 is 9.84 Å². The van der Waals surface area contributed by atoms with E-state index in [1.54, 1.807) is 30.3 Å². The first-order valence-corrected chi connectivity index (χ1v) is 10.2. The molecular weight excluding hydrogens is 336 g/mol. The van der Waals surface area contributed by atoms with Crippen molar-refractivity contribution < 1.29 is 14.6 Å². The van der Waals surface area contributed by atoms with Crippen LogP contribution >= 0.6 is 0 Å². The number of hydrogen-bond acceptors (Lipinski definition) is 3. The highest BCUT2D eigenvalue weighted by Crippen LogP contribution is 2.55. The zero-order valence-electron chi connectivity index (χ0n) is 16.8. The lowest BCUT2D eigenvalue weighted by Gasteiger charge is -2.53. The fourth-order valence-corrected chi connectivity index (χ4v) is 5.13. The molecule has 3 heteroatoms. The summed E-state index contributed by atoms with van der Waals surface area (Å²) in [6, 6.07) is 6.77. The third-order valence-electron chi connectivity index (χ3n) is 6.65. The molecule has 0 saturated heterocycles. The first kappa shape index (κ1) is 19.7. The lowest BCUT2D eigenvalue weighted by atomic mass is 9.54. The van der Waals surface area contributed by atoms with E-state index in [-0.39, 0.29) is 29.2 Å². The molecule has 0 radical (unpaired) electrons. The van der Waals surface area contributed by atoms with Gasteiger partial charge in [-0.25, -0.2) is 4.79 Å². The van der Waals surface area contributed by atoms with Crippen molar-refractivity contribution in [3.05, 3.63) is 48.1 Å². The third-order valence-corrected chi connectivity index (χ3v) is 6.65. The van der Waals surface area contributed by atoms with E-state index in [2.05, 4.69) is 27.4 Å². The molecule has 3 nitrogen and oxygen atoms in total. The molecule has 0 amide bonds. The smallest absolute Gasteiger partial charge is 0.331 e. The van der Waals surface area contributed by atoms with Gasteiger partial charge in [-0.1, -0.05) is 45.1 Å². The van der Waals surface area contributed by atoms with Crippen molar-refractivity contribution in [2.24, 2.45) is 23.2 Å². The number of carbonyl (C=O) groups is 1. The summed E-state index contributed by atoms with van der Waals surface area (Å²) in [5.41, 5.74) is 2.32. The van der Waals surface area contributed by atoms with Crippen LogP contribution in [0.15, 0.2) is 42.5 Å². The maximum Gasteiger partial charge on any atom is 0.331 e. The Morgan fingerprint density at radius 1 is 1.30 bits per heavy atom. The minimum atomic E-state index is -0.290. The quantitative estimate of drug-likeness (QED) is 0.418. The topological polar surface area (TPSA) is 46.5 Å². The summed E-state index contributed by atoms with van der Waals surface area (Å²) in [6.45, 7) is 11.2. The largest absolute Gasteiger partial charge is 0.508 e. The maximum absolute atomic E-state index is 12.6. The van der Waals surface area contributed by atoms with Gasteiger partial charge in [-0.3, -0.25) is 0 Å². The molecule has 2 saturated carbocycles. The van der Waals surface area contributed by atoms with Crippen LogP contribution in [0.1, 0.15) is 58.4 Å². The number of carbonyl (C=O) groups excluding carboxylic acids is 1. The number of esters is 1. The Bertz CT molecular complexity index is 716. The van der Waals surface area contributed by atoms with Crippen molar-refractivity contribution >= 4 is 12.0 Å². The average Bonchev–Trinajstić information content (AvgIpc) is 2.60. The first-order valence-electron chi connectivity index (χ1n) is 10.2. The van der Waals surface area contributed by atoms with E-state index in [1.807, 2.05) is 0 Å². The SMILES string of the molecule is C=C1CCC[C@]2(C)CC[C@@H](C(C)C)[C@H](OC(=O)/C=C/c3ccc(O)cc3)[C@@H]12. The van der Waals surface area contributed by atoms with Crippen LogP contribution in [-0.2, 0) is 9.53 Å². The molecule has 2 fully saturated rings. The van der Waals surface area contributed by atoms with Crippen LogP contribution in [0, 0.1) is 23.2 Å². The molecule has 1 aromatic carbocycles. The van der Waals surface area contributed by atoms with E-state index in [4.69, 9.17) is 4.74 Å². The van der Waals surface area contributed by atoms with Gasteiger partial charge >= 0.3 is 5.97 Å². The van der Waals surface area contributed by atoms with E-state index < -0.39 is 0 Å². The second-order valence-electron chi connectivity index (χ2n) is 8.92. The van der Waals surface area contributed by atoms with Gasteiger partial charge in [0.05, 0.1) is 0 Å². The first-order chi connectivity index (χ1) is 12.8. The number of benzene rings is 1. The Kier molecular flexibility index (Phi) is 5.78. The number of phenols is 1. The van der Waals surface area contributed by atoms with Gasteiger partial charge in [0.25, 0.3) is 0 Å². The Balaban J connectivity index is 1.78. The van der Waals surface area contributed by atoms with Crippen LogP contribution in [-0.4, -0.2) is 17.2 Å². The van der Waals surface area contributed by atoms with Crippen molar-refractivity contribution in [2.75, 3.05) is 0 Å². The molecule has 0 bridgehead atoms. The van der Waals surface area contributed by atoms with Crippen LogP contribution in [0.2, 0.25) is 0 Å². The maximum atomic E-state index is 12.6. The second kappa shape index (κ2) is 7.92. The van der Waals surface area contributed by atoms with Gasteiger partial charge in [0.2, 0.25) is 0 Å². The normalized spacial score (nSPS) is 31.1. The third kappa shape index (κ3) is 4.28. The molecule has 0 heterocycles. The molecule has 0 aliphatic heterocycles. The summed E-state index contributed by atoms with van der Waals surface area (Å²) in [5.74, 6) is 1.04. The molecule has 146 valence electrons. The zero-order chi connectivity index (χ0) is 19.6. The molecule has 3 rings (SSSR count). The van der Waals surface area contributed by atoms with E-state index in [1.165, 1.54) is 30.9 Å². The van der Waals surface area contributed by atoms with Crippen molar-refractivity contribution in [3.63, 3.8) is 0 Å². The lowest BCUT2D eigenvalue weighted by molar-refractivity contribution is -0.159. The molecule has 1 aromatic rings. The van der Waals surface area contributed by atoms with Crippen molar-refractivity contribution in [2.45, 2.75) is 59.0 Å². The van der Waals surface area contributed by atoms with Gasteiger partial charge in [-0.2, -0.15) is 0 Å². The Morgan fingerprint density at radius 3 is 2.67 bits per heavy atom. The summed E-state index contributed by atoms with van der Waals surface area (Å²) in [6.07, 6.45) is 8.88. The minimum Gasteiger partial charge on any atom is -0.508 e. The lowest BCUT2D eigenvalue weighted by Crippen LogP contribution is -2.50. The van der Waals surface area contributed by atoms with Gasteiger partial charge in [0.1, 0.15) is 11.9 Å². The standard InChI is InChI=1S/C24H32O3/c1-16(2)20-13-15-24(4)14-5-6-17(3)22(24)23(20)27-21(26)12-9-18-7-10-19(25)11-8-18/h7-12,16,20,22-23,25H,3,5-6,13-15H2,1-2,4H3/b12-9+/t20-,22+,23-,24+/m0/s1. The van der Waals surface area contributed by atoms with Crippen LogP contribution in [0.4, 0.5) is 0 Å². The highest BCUT2D eigenvalue weighted by Gasteiger charge is 2.51. The fraction of sp³-hybridized carbons (Fsp3) is 0.542. The molecule has 4 atom stereocenters. The molecule has 27 heavy (non-hydrogen) atoms. The second-order valence-corrected chi connectivity index (χ2v) is 8.92. The minimum absolute atomic E-state index is 0.0893. The summed E-state index contributed by atoms with van der Waals surface area (Å²) < 4.78 is 6.08. The van der Waals surface area contributed by atoms with Crippen LogP contribution in [0.25, 0.3) is 6.08 Å². The number of aromatic hydroxyl groups is 1. The summed E-state index contributed by atoms with van der Waals surface area (Å²) in [4.78, 5) is 12.6. The summed E-state index contributed by atoms with van der Waals surface area (Å²) in [7, 11) is 0. The zero-order valence-corrected chi connectivity index (χ0v) is 16.8. The van der Waals surface area contributed by atoms with Crippen LogP contribution < -0.4 is 0 Å². The van der Waals surface area contributed by atoms with E-state index >= 15 is 0 Å². The fourth-order valence-electron chi connectivity index (χ4n) is 5.13. The van der Waals surface area contributed by atoms with Crippen molar-refractivity contribution in [1.82, 2.24) is 0 Å². The molecule has 0 unspecified atom stereocenters. The van der Waals surface area contributed by atoms with E-state index in [0.29, 0.717) is 11.8 Å². The van der Waals surface area contributed by atoms with Gasteiger partial charge in [-0.05, 0) is 73.1 Å². The Hall–Kier alpha value is -2.03. The average molecular weight is 369 g/mol. The predicted octanol–water partition coefficient (Wildman–Crippen LogP) is 5.75. The van der Waals surface area contributed by atoms with Gasteiger partial charge in [0.15, 0.2) is 0 Å². The number of hydrogen-bond donors (Lipinski definition) is 1. The van der Waals surface area contributed by atoms with Crippen molar-refractivity contribution in [1.29, 1.82) is 0 Å². The number of phenolic OH excluding ortho intramolecular Hbond substituents is 1. The van der Waals surface area contributed by atoms with Gasteiger partial charge in [-0.15, -0.1) is 0 Å². The highest BCUT2D eigenvalue weighted by molar-refractivity contribution is 5.87. The molecule has 0 spiro atoms.